The van der Waals surface area contributed by atoms with Crippen LogP contribution in [-0.4, -0.2) is 65.9 Å². The summed E-state index contributed by atoms with van der Waals surface area (Å²) in [6.45, 7) is 8.67. The van der Waals surface area contributed by atoms with Crippen molar-refractivity contribution in [1.29, 1.82) is 0 Å². The number of pyridine rings is 1. The van der Waals surface area contributed by atoms with Gasteiger partial charge >= 0.3 is 0 Å². The summed E-state index contributed by atoms with van der Waals surface area (Å²) in [7, 11) is 0. The van der Waals surface area contributed by atoms with Crippen molar-refractivity contribution in [3.63, 3.8) is 0 Å². The summed E-state index contributed by atoms with van der Waals surface area (Å²) in [5.74, 6) is 1.34. The Labute approximate surface area is 203 Å². The van der Waals surface area contributed by atoms with E-state index in [2.05, 4.69) is 32.2 Å². The molecule has 0 spiro atoms. The van der Waals surface area contributed by atoms with Gasteiger partial charge in [0.05, 0.1) is 11.9 Å². The van der Waals surface area contributed by atoms with Crippen LogP contribution in [0.4, 0.5) is 11.5 Å². The van der Waals surface area contributed by atoms with Crippen LogP contribution >= 0.6 is 0 Å². The number of nitrogens with one attached hydrogen (secondary N) is 1. The van der Waals surface area contributed by atoms with Gasteiger partial charge in [-0.05, 0) is 44.4 Å². The highest BCUT2D eigenvalue weighted by Crippen LogP contribution is 2.28. The third kappa shape index (κ3) is 5.58. The first-order valence-corrected chi connectivity index (χ1v) is 12.7. The molecule has 1 aliphatic heterocycles. The lowest BCUT2D eigenvalue weighted by Gasteiger charge is -2.40. The molecule has 2 aromatic rings. The fraction of sp³-hybridized carbons (Fsp3) is 0.519. The Morgan fingerprint density at radius 2 is 1.68 bits per heavy atom. The van der Waals surface area contributed by atoms with Crippen molar-refractivity contribution in [2.45, 2.75) is 45.6 Å². The number of likely N-dealkylation sites (N-methyl/N-ethyl adjacent to an activating group) is 1. The van der Waals surface area contributed by atoms with E-state index in [9.17, 15) is 9.59 Å². The van der Waals surface area contributed by atoms with Gasteiger partial charge in [0.1, 0.15) is 11.9 Å². The SMILES string of the molecule is CCN(CC)C(=O)C(c1ccccc1)N1CCN(c2ccc(NC(=O)C3CCCC3)cn2)CC1. The molecule has 34 heavy (non-hydrogen) atoms. The fourth-order valence-corrected chi connectivity index (χ4v) is 5.14. The maximum Gasteiger partial charge on any atom is 0.244 e. The van der Waals surface area contributed by atoms with Crippen LogP contribution in [0.1, 0.15) is 51.1 Å². The second-order valence-electron chi connectivity index (χ2n) is 9.22. The van der Waals surface area contributed by atoms with E-state index in [4.69, 9.17) is 0 Å². The zero-order chi connectivity index (χ0) is 23.9. The van der Waals surface area contributed by atoms with Gasteiger partial charge in [-0.3, -0.25) is 14.5 Å². The Kier molecular flexibility index (Phi) is 8.16. The normalized spacial score (nSPS) is 18.0. The number of aromatic nitrogens is 1. The lowest BCUT2D eigenvalue weighted by molar-refractivity contribution is -0.137. The Morgan fingerprint density at radius 3 is 2.26 bits per heavy atom. The van der Waals surface area contributed by atoms with Crippen LogP contribution < -0.4 is 10.2 Å². The molecule has 2 amide bonds. The minimum atomic E-state index is -0.260. The summed E-state index contributed by atoms with van der Waals surface area (Å²) in [6, 6.07) is 13.8. The van der Waals surface area contributed by atoms with Crippen molar-refractivity contribution in [2.75, 3.05) is 49.5 Å². The predicted octanol–water partition coefficient (Wildman–Crippen LogP) is 3.94. The highest BCUT2D eigenvalue weighted by atomic mass is 16.2. The monoisotopic (exact) mass is 463 g/mol. The Bertz CT molecular complexity index is 931. The molecule has 1 saturated carbocycles. The topological polar surface area (TPSA) is 68.8 Å². The average Bonchev–Trinajstić information content (AvgIpc) is 3.42. The summed E-state index contributed by atoms with van der Waals surface area (Å²) >= 11 is 0. The van der Waals surface area contributed by atoms with E-state index in [1.54, 1.807) is 6.20 Å². The summed E-state index contributed by atoms with van der Waals surface area (Å²) < 4.78 is 0. The van der Waals surface area contributed by atoms with E-state index in [1.165, 1.54) is 0 Å². The van der Waals surface area contributed by atoms with Gasteiger partial charge < -0.3 is 15.1 Å². The highest BCUT2D eigenvalue weighted by molar-refractivity contribution is 5.92. The molecule has 1 aromatic carbocycles. The maximum atomic E-state index is 13.4. The number of anilines is 2. The second-order valence-corrected chi connectivity index (χ2v) is 9.22. The molecule has 1 unspecified atom stereocenters. The van der Waals surface area contributed by atoms with Gasteiger partial charge in [0.15, 0.2) is 0 Å². The maximum absolute atomic E-state index is 13.4. The van der Waals surface area contributed by atoms with E-state index in [1.807, 2.05) is 49.1 Å². The van der Waals surface area contributed by atoms with E-state index in [-0.39, 0.29) is 23.8 Å². The Hall–Kier alpha value is -2.93. The first-order chi connectivity index (χ1) is 16.6. The number of hydrogen-bond donors (Lipinski definition) is 1. The van der Waals surface area contributed by atoms with Crippen LogP contribution in [0.2, 0.25) is 0 Å². The van der Waals surface area contributed by atoms with Crippen LogP contribution in [0.3, 0.4) is 0 Å². The Balaban J connectivity index is 1.39. The number of amides is 2. The lowest BCUT2D eigenvalue weighted by Crippen LogP contribution is -2.51. The largest absolute Gasteiger partial charge is 0.354 e. The third-order valence-corrected chi connectivity index (χ3v) is 7.17. The number of carbonyl (C=O) groups is 2. The number of hydrogen-bond acceptors (Lipinski definition) is 5. The zero-order valence-electron chi connectivity index (χ0n) is 20.4. The molecule has 1 N–H and O–H groups in total. The van der Waals surface area contributed by atoms with Crippen LogP contribution in [0.25, 0.3) is 0 Å². The molecule has 7 heteroatoms. The number of rotatable bonds is 8. The molecule has 1 saturated heterocycles. The van der Waals surface area contributed by atoms with Crippen molar-refractivity contribution >= 4 is 23.3 Å². The van der Waals surface area contributed by atoms with Crippen LogP contribution in [0.15, 0.2) is 48.7 Å². The number of carbonyl (C=O) groups excluding carboxylic acids is 2. The highest BCUT2D eigenvalue weighted by Gasteiger charge is 2.32. The van der Waals surface area contributed by atoms with Gasteiger partial charge in [-0.2, -0.15) is 0 Å². The smallest absolute Gasteiger partial charge is 0.244 e. The van der Waals surface area contributed by atoms with Crippen LogP contribution in [-0.2, 0) is 9.59 Å². The van der Waals surface area contributed by atoms with E-state index >= 15 is 0 Å². The molecule has 1 atom stereocenters. The average molecular weight is 464 g/mol. The second kappa shape index (κ2) is 11.5. The molecule has 2 fully saturated rings. The number of benzene rings is 1. The summed E-state index contributed by atoms with van der Waals surface area (Å²) in [4.78, 5) is 36.9. The summed E-state index contributed by atoms with van der Waals surface area (Å²) in [5, 5.41) is 3.02. The predicted molar refractivity (Wildman–Crippen MR) is 136 cm³/mol. The van der Waals surface area contributed by atoms with Gasteiger partial charge in [-0.1, -0.05) is 43.2 Å². The van der Waals surface area contributed by atoms with Crippen molar-refractivity contribution in [3.05, 3.63) is 54.2 Å². The summed E-state index contributed by atoms with van der Waals surface area (Å²) in [5.41, 5.74) is 1.81. The van der Waals surface area contributed by atoms with Crippen molar-refractivity contribution in [2.24, 2.45) is 5.92 Å². The van der Waals surface area contributed by atoms with Crippen LogP contribution in [0, 0.1) is 5.92 Å². The van der Waals surface area contributed by atoms with Gasteiger partial charge in [0.2, 0.25) is 11.8 Å². The van der Waals surface area contributed by atoms with Gasteiger partial charge in [0.25, 0.3) is 0 Å². The standard InChI is InChI=1S/C27H37N5O2/c1-3-30(4-2)27(34)25(21-10-6-5-7-11-21)32-18-16-31(17-19-32)24-15-14-23(20-28-24)29-26(33)22-12-8-9-13-22/h5-7,10-11,14-15,20,22,25H,3-4,8-9,12-13,16-19H2,1-2H3,(H,29,33). The number of nitrogens with zero attached hydrogens (tertiary/aromatic N) is 4. The molecular weight excluding hydrogens is 426 g/mol. The molecular formula is C27H37N5O2. The van der Waals surface area contributed by atoms with E-state index in [0.717, 1.165) is 68.9 Å². The molecule has 1 aliphatic carbocycles. The van der Waals surface area contributed by atoms with E-state index < -0.39 is 0 Å². The van der Waals surface area contributed by atoms with Gasteiger partial charge in [-0.25, -0.2) is 4.98 Å². The van der Waals surface area contributed by atoms with E-state index in [0.29, 0.717) is 13.1 Å². The third-order valence-electron chi connectivity index (χ3n) is 7.17. The van der Waals surface area contributed by atoms with Crippen molar-refractivity contribution < 1.29 is 9.59 Å². The molecule has 0 bridgehead atoms. The molecule has 0 radical (unpaired) electrons. The quantitative estimate of drug-likeness (QED) is 0.642. The van der Waals surface area contributed by atoms with Gasteiger partial charge in [-0.15, -0.1) is 0 Å². The minimum absolute atomic E-state index is 0.116. The van der Waals surface area contributed by atoms with Crippen molar-refractivity contribution in [3.8, 4) is 0 Å². The molecule has 1 aromatic heterocycles. The molecule has 2 heterocycles. The minimum Gasteiger partial charge on any atom is -0.354 e. The summed E-state index contributed by atoms with van der Waals surface area (Å²) in [6.07, 6.45) is 6.02. The molecule has 7 nitrogen and oxygen atoms in total. The molecule has 2 aliphatic rings. The molecule has 4 rings (SSSR count). The fourth-order valence-electron chi connectivity index (χ4n) is 5.14. The molecule has 182 valence electrons. The lowest BCUT2D eigenvalue weighted by atomic mass is 10.0. The number of piperazine rings is 1. The first kappa shape index (κ1) is 24.2. The van der Waals surface area contributed by atoms with Crippen LogP contribution in [0.5, 0.6) is 0 Å². The zero-order valence-corrected chi connectivity index (χ0v) is 20.4. The Morgan fingerprint density at radius 1 is 1.00 bits per heavy atom. The van der Waals surface area contributed by atoms with Crippen molar-refractivity contribution in [1.82, 2.24) is 14.8 Å². The first-order valence-electron chi connectivity index (χ1n) is 12.7. The van der Waals surface area contributed by atoms with Gasteiger partial charge in [0, 0.05) is 45.2 Å².